The van der Waals surface area contributed by atoms with Gasteiger partial charge in [-0.05, 0) is 31.2 Å². The number of hydrogen-bond donors (Lipinski definition) is 1. The molecule has 150 valence electrons. The van der Waals surface area contributed by atoms with Crippen molar-refractivity contribution in [2.45, 2.75) is 11.8 Å². The minimum absolute atomic E-state index is 0.0821. The Hall–Kier alpha value is -3.04. The molecule has 4 aromatic rings. The lowest BCUT2D eigenvalue weighted by atomic mass is 10.1. The van der Waals surface area contributed by atoms with Crippen LogP contribution in [0.4, 0.5) is 5.69 Å². The molecule has 9 heteroatoms. The highest BCUT2D eigenvalue weighted by Gasteiger charge is 2.18. The first-order valence-corrected chi connectivity index (χ1v) is 11.1. The van der Waals surface area contributed by atoms with Gasteiger partial charge in [0.2, 0.25) is 0 Å². The van der Waals surface area contributed by atoms with Gasteiger partial charge in [0.1, 0.15) is 0 Å². The molecule has 0 saturated carbocycles. The third-order valence-electron chi connectivity index (χ3n) is 4.46. The van der Waals surface area contributed by atoms with Crippen molar-refractivity contribution >= 4 is 32.0 Å². The third-order valence-corrected chi connectivity index (χ3v) is 6.80. The number of aryl methyl sites for hydroxylation is 1. The first kappa shape index (κ1) is 19.3. The number of rotatable bonds is 6. The molecule has 4 rings (SSSR count). The Morgan fingerprint density at radius 3 is 2.59 bits per heavy atom. The lowest BCUT2D eigenvalue weighted by Gasteiger charge is -2.12. The topological polar surface area (TPSA) is 81.9 Å². The average molecular weight is 430 g/mol. The molecule has 0 fully saturated rings. The van der Waals surface area contributed by atoms with E-state index in [4.69, 9.17) is 9.47 Å². The Morgan fingerprint density at radius 2 is 1.86 bits per heavy atom. The quantitative estimate of drug-likeness (QED) is 0.497. The molecule has 0 saturated heterocycles. The van der Waals surface area contributed by atoms with E-state index < -0.39 is 10.0 Å². The van der Waals surface area contributed by atoms with Gasteiger partial charge in [-0.15, -0.1) is 11.3 Å². The van der Waals surface area contributed by atoms with Crippen molar-refractivity contribution in [1.82, 2.24) is 9.38 Å². The van der Waals surface area contributed by atoms with Crippen LogP contribution in [0.5, 0.6) is 11.5 Å². The normalized spacial score (nSPS) is 11.6. The number of sulfonamides is 1. The van der Waals surface area contributed by atoms with Crippen molar-refractivity contribution in [2.24, 2.45) is 0 Å². The van der Waals surface area contributed by atoms with Crippen molar-refractivity contribution in [3.05, 3.63) is 59.7 Å². The molecule has 0 amide bonds. The Bertz CT molecular complexity index is 1290. The van der Waals surface area contributed by atoms with Gasteiger partial charge < -0.3 is 9.47 Å². The van der Waals surface area contributed by atoms with Crippen molar-refractivity contribution in [3.8, 4) is 22.8 Å². The van der Waals surface area contributed by atoms with Crippen molar-refractivity contribution in [3.63, 3.8) is 0 Å². The van der Waals surface area contributed by atoms with Crippen LogP contribution >= 0.6 is 11.3 Å². The summed E-state index contributed by atoms with van der Waals surface area (Å²) in [7, 11) is -0.841. The lowest BCUT2D eigenvalue weighted by molar-refractivity contribution is 0.354. The molecule has 0 aliphatic heterocycles. The number of anilines is 1. The van der Waals surface area contributed by atoms with Crippen LogP contribution in [0.25, 0.3) is 16.2 Å². The highest BCUT2D eigenvalue weighted by molar-refractivity contribution is 7.92. The van der Waals surface area contributed by atoms with Gasteiger partial charge in [-0.1, -0.05) is 12.1 Å². The summed E-state index contributed by atoms with van der Waals surface area (Å²) in [5.74, 6) is 0.807. The maximum atomic E-state index is 12.8. The molecule has 2 aromatic heterocycles. The minimum Gasteiger partial charge on any atom is -0.493 e. The fourth-order valence-electron chi connectivity index (χ4n) is 2.97. The Kier molecular flexibility index (Phi) is 4.93. The number of nitrogens with zero attached hydrogens (tertiary/aromatic N) is 2. The van der Waals surface area contributed by atoms with Gasteiger partial charge in [-0.3, -0.25) is 9.12 Å². The van der Waals surface area contributed by atoms with Crippen LogP contribution in [0.2, 0.25) is 0 Å². The molecule has 7 nitrogen and oxygen atoms in total. The summed E-state index contributed by atoms with van der Waals surface area (Å²) in [5.41, 5.74) is 3.17. The Labute approximate surface area is 172 Å². The monoisotopic (exact) mass is 429 g/mol. The highest BCUT2D eigenvalue weighted by atomic mass is 32.2. The second-order valence-electron chi connectivity index (χ2n) is 6.36. The molecule has 0 aliphatic carbocycles. The van der Waals surface area contributed by atoms with Crippen LogP contribution in [0.1, 0.15) is 5.69 Å². The molecule has 0 atom stereocenters. The molecule has 0 unspecified atom stereocenters. The molecule has 2 aromatic carbocycles. The van der Waals surface area contributed by atoms with Crippen LogP contribution in [-0.4, -0.2) is 32.0 Å². The molecule has 0 spiro atoms. The predicted molar refractivity (Wildman–Crippen MR) is 114 cm³/mol. The molecule has 0 radical (unpaired) electrons. The zero-order valence-electron chi connectivity index (χ0n) is 16.0. The summed E-state index contributed by atoms with van der Waals surface area (Å²) in [6, 6.07) is 11.6. The maximum absolute atomic E-state index is 12.8. The molecular weight excluding hydrogens is 410 g/mol. The smallest absolute Gasteiger partial charge is 0.262 e. The molecule has 2 heterocycles. The second-order valence-corrected chi connectivity index (χ2v) is 8.88. The number of imidazole rings is 1. The first-order valence-electron chi connectivity index (χ1n) is 8.70. The van der Waals surface area contributed by atoms with Gasteiger partial charge >= 0.3 is 0 Å². The molecule has 1 N–H and O–H groups in total. The van der Waals surface area contributed by atoms with Crippen LogP contribution in [0.3, 0.4) is 0 Å². The van der Waals surface area contributed by atoms with E-state index in [-0.39, 0.29) is 4.90 Å². The highest BCUT2D eigenvalue weighted by Crippen LogP contribution is 2.31. The second kappa shape index (κ2) is 7.41. The van der Waals surface area contributed by atoms with E-state index >= 15 is 0 Å². The van der Waals surface area contributed by atoms with E-state index in [2.05, 4.69) is 9.71 Å². The van der Waals surface area contributed by atoms with Crippen molar-refractivity contribution < 1.29 is 17.9 Å². The number of aromatic nitrogens is 2. The van der Waals surface area contributed by atoms with E-state index in [1.807, 2.05) is 29.0 Å². The Balaban J connectivity index is 1.65. The summed E-state index contributed by atoms with van der Waals surface area (Å²) in [6.07, 6.45) is 1.95. The van der Waals surface area contributed by atoms with E-state index in [1.54, 1.807) is 35.6 Å². The SMILES string of the molecule is COc1ccc(S(=O)(=O)Nc2cccc(-c3cn4c(C)csc4n3)c2)cc1OC. The fraction of sp³-hybridized carbons (Fsp3) is 0.150. The zero-order valence-corrected chi connectivity index (χ0v) is 17.7. The Morgan fingerprint density at radius 1 is 1.07 bits per heavy atom. The number of nitrogens with one attached hydrogen (secondary N) is 1. The van der Waals surface area contributed by atoms with Crippen LogP contribution in [0.15, 0.2) is 58.9 Å². The van der Waals surface area contributed by atoms with E-state index in [0.717, 1.165) is 21.9 Å². The van der Waals surface area contributed by atoms with Gasteiger partial charge in [0.05, 0.1) is 24.8 Å². The molecule has 29 heavy (non-hydrogen) atoms. The van der Waals surface area contributed by atoms with Crippen molar-refractivity contribution in [1.29, 1.82) is 0 Å². The number of fused-ring (bicyclic) bond motifs is 1. The van der Waals surface area contributed by atoms with E-state index in [1.165, 1.54) is 26.4 Å². The standard InChI is InChI=1S/C20H19N3O4S2/c1-13-12-28-20-21-17(11-23(13)20)14-5-4-6-15(9-14)22-29(24,25)16-7-8-18(26-2)19(10-16)27-3/h4-12,22H,1-3H3. The molecule has 0 aliphatic rings. The minimum atomic E-state index is -3.80. The summed E-state index contributed by atoms with van der Waals surface area (Å²) in [4.78, 5) is 5.59. The number of methoxy groups -OCH3 is 2. The first-order chi connectivity index (χ1) is 13.9. The van der Waals surface area contributed by atoms with E-state index in [9.17, 15) is 8.42 Å². The van der Waals surface area contributed by atoms with Crippen LogP contribution in [0, 0.1) is 6.92 Å². The van der Waals surface area contributed by atoms with Crippen molar-refractivity contribution in [2.75, 3.05) is 18.9 Å². The molecule has 0 bridgehead atoms. The van der Waals surface area contributed by atoms with Crippen LogP contribution in [-0.2, 0) is 10.0 Å². The third kappa shape index (κ3) is 3.66. The summed E-state index contributed by atoms with van der Waals surface area (Å²) < 4.78 is 40.7. The van der Waals surface area contributed by atoms with E-state index in [0.29, 0.717) is 17.2 Å². The largest absolute Gasteiger partial charge is 0.493 e. The summed E-state index contributed by atoms with van der Waals surface area (Å²) in [5, 5.41) is 2.04. The molecular formula is C20H19N3O4S2. The van der Waals surface area contributed by atoms with Crippen LogP contribution < -0.4 is 14.2 Å². The fourth-order valence-corrected chi connectivity index (χ4v) is 4.89. The number of benzene rings is 2. The van der Waals surface area contributed by atoms with Gasteiger partial charge in [0.25, 0.3) is 10.0 Å². The van der Waals surface area contributed by atoms with Gasteiger partial charge in [-0.2, -0.15) is 0 Å². The van der Waals surface area contributed by atoms with Gasteiger partial charge in [-0.25, -0.2) is 13.4 Å². The summed E-state index contributed by atoms with van der Waals surface area (Å²) >= 11 is 1.57. The van der Waals surface area contributed by atoms with Gasteiger partial charge in [0.15, 0.2) is 16.5 Å². The number of thiazole rings is 1. The van der Waals surface area contributed by atoms with Gasteiger partial charge in [0, 0.05) is 34.6 Å². The number of hydrogen-bond acceptors (Lipinski definition) is 6. The number of ether oxygens (including phenoxy) is 2. The predicted octanol–water partition coefficient (Wildman–Crippen LogP) is 4.19. The zero-order chi connectivity index (χ0) is 20.6. The average Bonchev–Trinajstić information content (AvgIpc) is 3.29. The maximum Gasteiger partial charge on any atom is 0.262 e. The summed E-state index contributed by atoms with van der Waals surface area (Å²) in [6.45, 7) is 2.02. The lowest BCUT2D eigenvalue weighted by Crippen LogP contribution is -2.13.